The highest BCUT2D eigenvalue weighted by atomic mass is 19.1. The van der Waals surface area contributed by atoms with E-state index in [1.54, 1.807) is 29.2 Å². The van der Waals surface area contributed by atoms with Gasteiger partial charge in [0.05, 0.1) is 12.7 Å². The number of hydrogen-bond donors (Lipinski definition) is 1. The molecule has 8 heteroatoms. The lowest BCUT2D eigenvalue weighted by Crippen LogP contribution is -2.27. The molecule has 0 bridgehead atoms. The molecule has 2 heterocycles. The Morgan fingerprint density at radius 2 is 2.14 bits per heavy atom. The van der Waals surface area contributed by atoms with E-state index in [9.17, 15) is 9.18 Å². The lowest BCUT2D eigenvalue weighted by molar-refractivity contribution is 0.0943. The number of amides is 1. The highest BCUT2D eigenvalue weighted by molar-refractivity contribution is 5.93. The van der Waals surface area contributed by atoms with Crippen LogP contribution in [0, 0.1) is 5.82 Å². The van der Waals surface area contributed by atoms with Gasteiger partial charge in [0.15, 0.2) is 11.5 Å². The third kappa shape index (κ3) is 3.17. The Morgan fingerprint density at radius 1 is 1.32 bits per heavy atom. The maximum absolute atomic E-state index is 12.9. The van der Waals surface area contributed by atoms with Gasteiger partial charge in [-0.25, -0.2) is 4.39 Å². The first-order chi connectivity index (χ1) is 10.7. The van der Waals surface area contributed by atoms with Crippen molar-refractivity contribution >= 4 is 5.91 Å². The van der Waals surface area contributed by atoms with Crippen LogP contribution in [0.3, 0.4) is 0 Å². The number of rotatable bonds is 5. The molecular weight excluding hydrogens is 289 g/mol. The van der Waals surface area contributed by atoms with Crippen LogP contribution >= 0.6 is 0 Å². The van der Waals surface area contributed by atoms with E-state index >= 15 is 0 Å². The SMILES string of the molecule is O=C(NCCn1ccnn1)c1cc(-c2ccc(F)cc2)on1. The van der Waals surface area contributed by atoms with Crippen molar-refractivity contribution in [3.63, 3.8) is 0 Å². The zero-order chi connectivity index (χ0) is 15.4. The Bertz CT molecular complexity index is 752. The third-order valence-electron chi connectivity index (χ3n) is 2.97. The monoisotopic (exact) mass is 301 g/mol. The van der Waals surface area contributed by atoms with Crippen LogP contribution in [0.4, 0.5) is 4.39 Å². The molecule has 0 aliphatic heterocycles. The number of carbonyl (C=O) groups excluding carboxylic acids is 1. The van der Waals surface area contributed by atoms with Gasteiger partial charge in [-0.15, -0.1) is 5.10 Å². The predicted molar refractivity (Wildman–Crippen MR) is 74.3 cm³/mol. The molecule has 3 aromatic rings. The summed E-state index contributed by atoms with van der Waals surface area (Å²) in [7, 11) is 0. The zero-order valence-corrected chi connectivity index (χ0v) is 11.4. The Kier molecular flexibility index (Phi) is 3.90. The largest absolute Gasteiger partial charge is 0.355 e. The summed E-state index contributed by atoms with van der Waals surface area (Å²) in [6.45, 7) is 0.898. The molecule has 0 saturated carbocycles. The summed E-state index contributed by atoms with van der Waals surface area (Å²) in [4.78, 5) is 11.9. The van der Waals surface area contributed by atoms with E-state index < -0.39 is 0 Å². The van der Waals surface area contributed by atoms with Gasteiger partial charge in [-0.3, -0.25) is 9.48 Å². The molecule has 1 amide bonds. The normalized spacial score (nSPS) is 10.6. The van der Waals surface area contributed by atoms with Crippen LogP contribution in [0.25, 0.3) is 11.3 Å². The van der Waals surface area contributed by atoms with E-state index in [0.29, 0.717) is 24.4 Å². The lowest BCUT2D eigenvalue weighted by Gasteiger charge is -2.01. The third-order valence-corrected chi connectivity index (χ3v) is 2.97. The first-order valence-corrected chi connectivity index (χ1v) is 6.57. The predicted octanol–water partition coefficient (Wildman–Crippen LogP) is 1.50. The van der Waals surface area contributed by atoms with Gasteiger partial charge in [-0.05, 0) is 24.3 Å². The molecule has 0 atom stereocenters. The fourth-order valence-corrected chi connectivity index (χ4v) is 1.86. The summed E-state index contributed by atoms with van der Waals surface area (Å²) in [5.41, 5.74) is 0.813. The van der Waals surface area contributed by atoms with Crippen LogP contribution < -0.4 is 5.32 Å². The van der Waals surface area contributed by atoms with Gasteiger partial charge < -0.3 is 9.84 Å². The number of halogens is 1. The van der Waals surface area contributed by atoms with Gasteiger partial charge in [0.25, 0.3) is 5.91 Å². The first kappa shape index (κ1) is 13.9. The van der Waals surface area contributed by atoms with Crippen LogP contribution in [0.2, 0.25) is 0 Å². The zero-order valence-electron chi connectivity index (χ0n) is 11.4. The summed E-state index contributed by atoms with van der Waals surface area (Å²) < 4.78 is 19.6. The molecule has 0 aliphatic rings. The minimum atomic E-state index is -0.350. The van der Waals surface area contributed by atoms with Gasteiger partial charge in [0, 0.05) is 24.4 Å². The average molecular weight is 301 g/mol. The van der Waals surface area contributed by atoms with E-state index in [4.69, 9.17) is 4.52 Å². The van der Waals surface area contributed by atoms with Gasteiger partial charge in [0.1, 0.15) is 5.82 Å². The Labute approximate surface area is 124 Å². The number of aromatic nitrogens is 4. The molecule has 0 saturated heterocycles. The molecule has 0 unspecified atom stereocenters. The molecule has 0 spiro atoms. The molecule has 1 aromatic carbocycles. The molecule has 1 N–H and O–H groups in total. The highest BCUT2D eigenvalue weighted by Gasteiger charge is 2.13. The van der Waals surface area contributed by atoms with Crippen LogP contribution in [-0.2, 0) is 6.54 Å². The number of hydrogen-bond acceptors (Lipinski definition) is 5. The maximum Gasteiger partial charge on any atom is 0.273 e. The summed E-state index contributed by atoms with van der Waals surface area (Å²) in [5.74, 6) is -0.284. The smallest absolute Gasteiger partial charge is 0.273 e. The van der Waals surface area contributed by atoms with E-state index in [0.717, 1.165) is 0 Å². The van der Waals surface area contributed by atoms with Crippen molar-refractivity contribution in [2.75, 3.05) is 6.54 Å². The van der Waals surface area contributed by atoms with E-state index in [2.05, 4.69) is 20.8 Å². The Hall–Kier alpha value is -3.03. The molecule has 3 rings (SSSR count). The van der Waals surface area contributed by atoms with Crippen molar-refractivity contribution in [2.45, 2.75) is 6.54 Å². The fourth-order valence-electron chi connectivity index (χ4n) is 1.86. The molecule has 0 fully saturated rings. The standard InChI is InChI=1S/C14H12FN5O2/c15-11-3-1-10(2-4-11)13-9-12(18-22-13)14(21)16-5-7-20-8-6-17-19-20/h1-4,6,8-9H,5,7H2,(H,16,21). The Morgan fingerprint density at radius 3 is 2.86 bits per heavy atom. The fraction of sp³-hybridized carbons (Fsp3) is 0.143. The van der Waals surface area contributed by atoms with Crippen molar-refractivity contribution in [3.05, 3.63) is 54.2 Å². The molecule has 2 aromatic heterocycles. The number of carbonyl (C=O) groups is 1. The molecule has 0 aliphatic carbocycles. The number of nitrogens with one attached hydrogen (secondary N) is 1. The average Bonchev–Trinajstić information content (AvgIpc) is 3.19. The van der Waals surface area contributed by atoms with Crippen LogP contribution in [0.1, 0.15) is 10.5 Å². The maximum atomic E-state index is 12.9. The highest BCUT2D eigenvalue weighted by Crippen LogP contribution is 2.20. The summed E-state index contributed by atoms with van der Waals surface area (Å²) in [5, 5.41) is 13.9. The minimum Gasteiger partial charge on any atom is -0.355 e. The van der Waals surface area contributed by atoms with Crippen molar-refractivity contribution in [3.8, 4) is 11.3 Å². The topological polar surface area (TPSA) is 85.8 Å². The summed E-state index contributed by atoms with van der Waals surface area (Å²) in [6.07, 6.45) is 3.27. The van der Waals surface area contributed by atoms with E-state index in [1.807, 2.05) is 0 Å². The van der Waals surface area contributed by atoms with Crippen LogP contribution in [-0.4, -0.2) is 32.6 Å². The molecule has 0 radical (unpaired) electrons. The van der Waals surface area contributed by atoms with Crippen molar-refractivity contribution in [1.29, 1.82) is 0 Å². The van der Waals surface area contributed by atoms with Gasteiger partial charge in [-0.2, -0.15) is 0 Å². The molecular formula is C14H12FN5O2. The van der Waals surface area contributed by atoms with Gasteiger partial charge >= 0.3 is 0 Å². The number of nitrogens with zero attached hydrogens (tertiary/aromatic N) is 4. The minimum absolute atomic E-state index is 0.165. The molecule has 7 nitrogen and oxygen atoms in total. The second-order valence-electron chi connectivity index (χ2n) is 4.51. The van der Waals surface area contributed by atoms with E-state index in [-0.39, 0.29) is 17.4 Å². The van der Waals surface area contributed by atoms with E-state index in [1.165, 1.54) is 18.2 Å². The van der Waals surface area contributed by atoms with Crippen molar-refractivity contribution in [2.24, 2.45) is 0 Å². The van der Waals surface area contributed by atoms with Crippen LogP contribution in [0.5, 0.6) is 0 Å². The summed E-state index contributed by atoms with van der Waals surface area (Å²) >= 11 is 0. The molecule has 22 heavy (non-hydrogen) atoms. The van der Waals surface area contributed by atoms with Gasteiger partial charge in [-0.1, -0.05) is 10.4 Å². The number of benzene rings is 1. The summed E-state index contributed by atoms with van der Waals surface area (Å²) in [6, 6.07) is 7.26. The second kappa shape index (κ2) is 6.17. The lowest BCUT2D eigenvalue weighted by atomic mass is 10.1. The first-order valence-electron chi connectivity index (χ1n) is 6.57. The van der Waals surface area contributed by atoms with Crippen molar-refractivity contribution < 1.29 is 13.7 Å². The molecule has 112 valence electrons. The Balaban J connectivity index is 1.60. The van der Waals surface area contributed by atoms with Gasteiger partial charge in [0.2, 0.25) is 0 Å². The van der Waals surface area contributed by atoms with Crippen molar-refractivity contribution in [1.82, 2.24) is 25.5 Å². The van der Waals surface area contributed by atoms with Crippen LogP contribution in [0.15, 0.2) is 47.2 Å². The quantitative estimate of drug-likeness (QED) is 0.772. The second-order valence-corrected chi connectivity index (χ2v) is 4.51.